The lowest BCUT2D eigenvalue weighted by Crippen LogP contribution is -1.97. The summed E-state index contributed by atoms with van der Waals surface area (Å²) in [6, 6.07) is 15.6. The van der Waals surface area contributed by atoms with E-state index in [-0.39, 0.29) is 0 Å². The number of hydrogen-bond acceptors (Lipinski definition) is 5. The van der Waals surface area contributed by atoms with Crippen LogP contribution in [-0.2, 0) is 0 Å². The van der Waals surface area contributed by atoms with Crippen molar-refractivity contribution in [3.05, 3.63) is 67.3 Å². The van der Waals surface area contributed by atoms with Gasteiger partial charge in [-0.2, -0.15) is 0 Å². The molecule has 0 radical (unpaired) electrons. The molecule has 0 saturated heterocycles. The van der Waals surface area contributed by atoms with E-state index < -0.39 is 0 Å². The molecule has 0 fully saturated rings. The maximum absolute atomic E-state index is 5.44. The SMILES string of the molecule is COc1ccccc1-n1cnc2cc(Nc3ncccn3)ccc21. The molecule has 2 heterocycles. The Hall–Kier alpha value is -3.41. The normalized spacial score (nSPS) is 10.7. The number of para-hydroxylation sites is 2. The van der Waals surface area contributed by atoms with Gasteiger partial charge < -0.3 is 10.1 Å². The third-order valence-electron chi connectivity index (χ3n) is 3.71. The zero-order valence-electron chi connectivity index (χ0n) is 13.0. The minimum absolute atomic E-state index is 0.556. The summed E-state index contributed by atoms with van der Waals surface area (Å²) in [6.45, 7) is 0. The van der Waals surface area contributed by atoms with Crippen molar-refractivity contribution < 1.29 is 4.74 Å². The molecule has 0 amide bonds. The Morgan fingerprint density at radius 3 is 2.62 bits per heavy atom. The predicted octanol–water partition coefficient (Wildman–Crippen LogP) is 3.57. The molecule has 1 N–H and O–H groups in total. The number of aromatic nitrogens is 4. The summed E-state index contributed by atoms with van der Waals surface area (Å²) in [6.07, 6.45) is 5.19. The summed E-state index contributed by atoms with van der Waals surface area (Å²) in [4.78, 5) is 12.8. The van der Waals surface area contributed by atoms with E-state index in [4.69, 9.17) is 4.74 Å². The van der Waals surface area contributed by atoms with E-state index in [1.807, 2.05) is 47.0 Å². The number of hydrogen-bond donors (Lipinski definition) is 1. The van der Waals surface area contributed by atoms with Crippen LogP contribution in [0.15, 0.2) is 67.3 Å². The fraction of sp³-hybridized carbons (Fsp3) is 0.0556. The van der Waals surface area contributed by atoms with Crippen LogP contribution >= 0.6 is 0 Å². The first kappa shape index (κ1) is 14.2. The zero-order chi connectivity index (χ0) is 16.4. The van der Waals surface area contributed by atoms with Crippen LogP contribution in [0.25, 0.3) is 16.7 Å². The Morgan fingerprint density at radius 2 is 1.79 bits per heavy atom. The third-order valence-corrected chi connectivity index (χ3v) is 3.71. The van der Waals surface area contributed by atoms with Gasteiger partial charge in [-0.15, -0.1) is 0 Å². The quantitative estimate of drug-likeness (QED) is 0.623. The molecule has 0 aliphatic heterocycles. The van der Waals surface area contributed by atoms with Crippen molar-refractivity contribution in [2.75, 3.05) is 12.4 Å². The van der Waals surface area contributed by atoms with Crippen molar-refractivity contribution in [2.45, 2.75) is 0 Å². The van der Waals surface area contributed by atoms with Crippen LogP contribution in [0.2, 0.25) is 0 Å². The van der Waals surface area contributed by atoms with Gasteiger partial charge in [-0.05, 0) is 36.4 Å². The van der Waals surface area contributed by atoms with Gasteiger partial charge in [0.2, 0.25) is 5.95 Å². The molecule has 0 aliphatic rings. The Bertz CT molecular complexity index is 981. The molecule has 0 bridgehead atoms. The highest BCUT2D eigenvalue weighted by Gasteiger charge is 2.09. The summed E-state index contributed by atoms with van der Waals surface area (Å²) < 4.78 is 7.45. The van der Waals surface area contributed by atoms with Crippen molar-refractivity contribution >= 4 is 22.7 Å². The van der Waals surface area contributed by atoms with E-state index >= 15 is 0 Å². The molecule has 4 aromatic rings. The average molecular weight is 317 g/mol. The second-order valence-electron chi connectivity index (χ2n) is 5.19. The number of methoxy groups -OCH3 is 1. The molecule has 2 aromatic carbocycles. The highest BCUT2D eigenvalue weighted by molar-refractivity contribution is 5.82. The highest BCUT2D eigenvalue weighted by Crippen LogP contribution is 2.27. The van der Waals surface area contributed by atoms with E-state index in [9.17, 15) is 0 Å². The summed E-state index contributed by atoms with van der Waals surface area (Å²) in [5, 5.41) is 3.17. The third kappa shape index (κ3) is 2.54. The van der Waals surface area contributed by atoms with Gasteiger partial charge in [0.25, 0.3) is 0 Å². The van der Waals surface area contributed by atoms with Crippen molar-refractivity contribution in [3.8, 4) is 11.4 Å². The smallest absolute Gasteiger partial charge is 0.227 e. The Kier molecular flexibility index (Phi) is 3.55. The first-order valence-electron chi connectivity index (χ1n) is 7.50. The van der Waals surface area contributed by atoms with Crippen LogP contribution in [0.4, 0.5) is 11.6 Å². The molecule has 0 aliphatic carbocycles. The van der Waals surface area contributed by atoms with Gasteiger partial charge in [0.1, 0.15) is 12.1 Å². The number of nitrogens with one attached hydrogen (secondary N) is 1. The van der Waals surface area contributed by atoms with Gasteiger partial charge in [-0.1, -0.05) is 12.1 Å². The summed E-state index contributed by atoms with van der Waals surface area (Å²) in [7, 11) is 1.67. The molecule has 24 heavy (non-hydrogen) atoms. The molecule has 4 rings (SSSR count). The number of fused-ring (bicyclic) bond motifs is 1. The molecule has 2 aromatic heterocycles. The van der Waals surface area contributed by atoms with Crippen LogP contribution in [0.1, 0.15) is 0 Å². The van der Waals surface area contributed by atoms with Gasteiger partial charge in [-0.3, -0.25) is 4.57 Å². The average Bonchev–Trinajstić information content (AvgIpc) is 3.05. The van der Waals surface area contributed by atoms with E-state index in [2.05, 4.69) is 20.3 Å². The largest absolute Gasteiger partial charge is 0.495 e. The highest BCUT2D eigenvalue weighted by atomic mass is 16.5. The number of benzene rings is 2. The summed E-state index contributed by atoms with van der Waals surface area (Å²) in [5.74, 6) is 1.36. The van der Waals surface area contributed by atoms with E-state index in [1.165, 1.54) is 0 Å². The van der Waals surface area contributed by atoms with Gasteiger partial charge in [-0.25, -0.2) is 15.0 Å². The summed E-state index contributed by atoms with van der Waals surface area (Å²) in [5.41, 5.74) is 3.72. The van der Waals surface area contributed by atoms with Crippen LogP contribution in [-0.4, -0.2) is 26.6 Å². The van der Waals surface area contributed by atoms with Gasteiger partial charge in [0.05, 0.1) is 23.8 Å². The van der Waals surface area contributed by atoms with Gasteiger partial charge in [0, 0.05) is 18.1 Å². The molecule has 0 atom stereocenters. The lowest BCUT2D eigenvalue weighted by atomic mass is 10.2. The number of anilines is 2. The lowest BCUT2D eigenvalue weighted by molar-refractivity contribution is 0.413. The Balaban J connectivity index is 1.73. The van der Waals surface area contributed by atoms with Crippen molar-refractivity contribution in [1.82, 2.24) is 19.5 Å². The van der Waals surface area contributed by atoms with Crippen molar-refractivity contribution in [1.29, 1.82) is 0 Å². The molecule has 0 saturated carbocycles. The minimum Gasteiger partial charge on any atom is -0.495 e. The molecular formula is C18H15N5O. The molecular weight excluding hydrogens is 302 g/mol. The second kappa shape index (κ2) is 6.00. The molecule has 6 heteroatoms. The molecule has 0 spiro atoms. The maximum Gasteiger partial charge on any atom is 0.227 e. The van der Waals surface area contributed by atoms with Crippen LogP contribution in [0, 0.1) is 0 Å². The number of nitrogens with zero attached hydrogens (tertiary/aromatic N) is 4. The van der Waals surface area contributed by atoms with Gasteiger partial charge >= 0.3 is 0 Å². The maximum atomic E-state index is 5.44. The van der Waals surface area contributed by atoms with Crippen LogP contribution in [0.5, 0.6) is 5.75 Å². The standard InChI is InChI=1S/C18H15N5O/c1-24-17-6-3-2-5-16(17)23-12-21-14-11-13(7-8-15(14)23)22-18-19-9-4-10-20-18/h2-12H,1H3,(H,19,20,22). The zero-order valence-corrected chi connectivity index (χ0v) is 13.0. The molecule has 118 valence electrons. The second-order valence-corrected chi connectivity index (χ2v) is 5.19. The Morgan fingerprint density at radius 1 is 0.958 bits per heavy atom. The fourth-order valence-corrected chi connectivity index (χ4v) is 2.60. The predicted molar refractivity (Wildman–Crippen MR) is 92.9 cm³/mol. The first-order chi connectivity index (χ1) is 11.8. The topological polar surface area (TPSA) is 64.9 Å². The van der Waals surface area contributed by atoms with E-state index in [0.717, 1.165) is 28.2 Å². The van der Waals surface area contributed by atoms with E-state index in [0.29, 0.717) is 5.95 Å². The Labute approximate surface area is 138 Å². The van der Waals surface area contributed by atoms with Gasteiger partial charge in [0.15, 0.2) is 0 Å². The lowest BCUT2D eigenvalue weighted by Gasteiger charge is -2.10. The molecule has 6 nitrogen and oxygen atoms in total. The van der Waals surface area contributed by atoms with Crippen LogP contribution < -0.4 is 10.1 Å². The first-order valence-corrected chi connectivity index (χ1v) is 7.50. The number of rotatable bonds is 4. The van der Waals surface area contributed by atoms with Crippen molar-refractivity contribution in [2.24, 2.45) is 0 Å². The molecule has 0 unspecified atom stereocenters. The van der Waals surface area contributed by atoms with Crippen molar-refractivity contribution in [3.63, 3.8) is 0 Å². The number of imidazole rings is 1. The number of ether oxygens (including phenoxy) is 1. The fourth-order valence-electron chi connectivity index (χ4n) is 2.60. The minimum atomic E-state index is 0.556. The summed E-state index contributed by atoms with van der Waals surface area (Å²) >= 11 is 0. The van der Waals surface area contributed by atoms with Crippen LogP contribution in [0.3, 0.4) is 0 Å². The van der Waals surface area contributed by atoms with E-state index in [1.54, 1.807) is 31.9 Å². The monoisotopic (exact) mass is 317 g/mol.